The molecule has 0 radical (unpaired) electrons. The highest BCUT2D eigenvalue weighted by atomic mass is 16.2. The summed E-state index contributed by atoms with van der Waals surface area (Å²) >= 11 is 0. The van der Waals surface area contributed by atoms with Crippen molar-refractivity contribution in [1.82, 2.24) is 10.3 Å². The zero-order valence-electron chi connectivity index (χ0n) is 15.1. The minimum atomic E-state index is -0.840. The highest BCUT2D eigenvalue weighted by Crippen LogP contribution is 2.16. The minimum Gasteiger partial charge on any atom is -0.368 e. The van der Waals surface area contributed by atoms with Crippen molar-refractivity contribution < 1.29 is 9.59 Å². The Kier molecular flexibility index (Phi) is 4.72. The number of carbonyl (C=O) groups excluding carboxylic acids is 2. The van der Waals surface area contributed by atoms with Crippen molar-refractivity contribution in [3.05, 3.63) is 90.1 Å². The molecule has 1 aromatic heterocycles. The molecule has 1 atom stereocenters. The van der Waals surface area contributed by atoms with Crippen LogP contribution in [0, 0.1) is 0 Å². The van der Waals surface area contributed by atoms with Crippen LogP contribution in [0.4, 0.5) is 0 Å². The number of nitrogens with one attached hydrogen (secondary N) is 1. The number of amides is 2. The zero-order valence-corrected chi connectivity index (χ0v) is 15.1. The fourth-order valence-corrected chi connectivity index (χ4v) is 3.23. The third-order valence-corrected chi connectivity index (χ3v) is 4.73. The normalized spacial score (nSPS) is 12.0. The van der Waals surface area contributed by atoms with Crippen molar-refractivity contribution in [2.24, 2.45) is 5.73 Å². The smallest absolute Gasteiger partial charge is 0.251 e. The molecule has 138 valence electrons. The molecule has 4 rings (SSSR count). The Hall–Kier alpha value is -3.73. The first-order valence-electron chi connectivity index (χ1n) is 9.04. The fraction of sp³-hybridized carbons (Fsp3) is 0.0870. The van der Waals surface area contributed by atoms with Crippen LogP contribution in [0.2, 0.25) is 0 Å². The van der Waals surface area contributed by atoms with Gasteiger partial charge in [0.2, 0.25) is 5.91 Å². The molecule has 3 N–H and O–H groups in total. The summed E-state index contributed by atoms with van der Waals surface area (Å²) in [6.45, 7) is 0. The molecule has 0 aliphatic rings. The maximum atomic E-state index is 12.7. The first-order chi connectivity index (χ1) is 13.6. The van der Waals surface area contributed by atoms with Gasteiger partial charge >= 0.3 is 0 Å². The summed E-state index contributed by atoms with van der Waals surface area (Å²) < 4.78 is 0. The van der Waals surface area contributed by atoms with E-state index in [9.17, 15) is 9.59 Å². The van der Waals surface area contributed by atoms with E-state index in [4.69, 9.17) is 5.73 Å². The van der Waals surface area contributed by atoms with Gasteiger partial charge < -0.3 is 11.1 Å². The predicted octanol–water partition coefficient (Wildman–Crippen LogP) is 3.21. The quantitative estimate of drug-likeness (QED) is 0.566. The van der Waals surface area contributed by atoms with Gasteiger partial charge in [-0.3, -0.25) is 14.6 Å². The average Bonchev–Trinajstić information content (AvgIpc) is 2.72. The van der Waals surface area contributed by atoms with Gasteiger partial charge in [0.05, 0.1) is 5.52 Å². The van der Waals surface area contributed by atoms with Crippen molar-refractivity contribution in [1.29, 1.82) is 0 Å². The Morgan fingerprint density at radius 2 is 1.54 bits per heavy atom. The lowest BCUT2D eigenvalue weighted by Crippen LogP contribution is -2.46. The molecule has 4 aromatic rings. The number of fused-ring (bicyclic) bond motifs is 2. The van der Waals surface area contributed by atoms with Crippen LogP contribution in [0.15, 0.2) is 78.9 Å². The van der Waals surface area contributed by atoms with Gasteiger partial charge in [0.1, 0.15) is 6.04 Å². The van der Waals surface area contributed by atoms with Crippen LogP contribution >= 0.6 is 0 Å². The van der Waals surface area contributed by atoms with Gasteiger partial charge in [-0.15, -0.1) is 0 Å². The minimum absolute atomic E-state index is 0.236. The molecule has 0 unspecified atom stereocenters. The van der Waals surface area contributed by atoms with E-state index in [1.165, 1.54) is 0 Å². The Balaban J connectivity index is 1.55. The van der Waals surface area contributed by atoms with E-state index < -0.39 is 11.9 Å². The van der Waals surface area contributed by atoms with E-state index in [2.05, 4.69) is 10.3 Å². The summed E-state index contributed by atoms with van der Waals surface area (Å²) in [5.74, 6) is -0.931. The average molecular weight is 369 g/mol. The van der Waals surface area contributed by atoms with Crippen molar-refractivity contribution in [2.45, 2.75) is 12.5 Å². The first kappa shape index (κ1) is 17.7. The lowest BCUT2D eigenvalue weighted by Gasteiger charge is -2.16. The summed E-state index contributed by atoms with van der Waals surface area (Å²) in [4.78, 5) is 29.2. The number of hydrogen-bond acceptors (Lipinski definition) is 3. The molecule has 0 saturated heterocycles. The number of aromatic nitrogens is 1. The second kappa shape index (κ2) is 7.48. The Labute approximate surface area is 162 Å². The number of rotatable bonds is 5. The second-order valence-corrected chi connectivity index (χ2v) is 6.69. The van der Waals surface area contributed by atoms with Crippen molar-refractivity contribution in [2.75, 3.05) is 0 Å². The van der Waals surface area contributed by atoms with E-state index in [0.717, 1.165) is 21.7 Å². The number of para-hydroxylation sites is 1. The first-order valence-corrected chi connectivity index (χ1v) is 9.04. The second-order valence-electron chi connectivity index (χ2n) is 6.69. The van der Waals surface area contributed by atoms with Crippen LogP contribution < -0.4 is 11.1 Å². The van der Waals surface area contributed by atoms with Crippen LogP contribution in [0.5, 0.6) is 0 Å². The van der Waals surface area contributed by atoms with E-state index in [-0.39, 0.29) is 12.3 Å². The summed E-state index contributed by atoms with van der Waals surface area (Å²) in [5, 5.41) is 5.76. The molecular formula is C23H19N3O2. The summed E-state index contributed by atoms with van der Waals surface area (Å²) in [7, 11) is 0. The van der Waals surface area contributed by atoms with Gasteiger partial charge in [-0.1, -0.05) is 54.6 Å². The fourth-order valence-electron chi connectivity index (χ4n) is 3.23. The topological polar surface area (TPSA) is 85.1 Å². The highest BCUT2D eigenvalue weighted by molar-refractivity contribution is 6.00. The molecule has 0 aliphatic heterocycles. The number of benzene rings is 3. The molecule has 5 nitrogen and oxygen atoms in total. The Morgan fingerprint density at radius 1 is 0.857 bits per heavy atom. The molecule has 3 aromatic carbocycles. The number of nitrogens with two attached hydrogens (primary N) is 1. The monoisotopic (exact) mass is 369 g/mol. The molecule has 1 heterocycles. The largest absolute Gasteiger partial charge is 0.368 e. The molecule has 0 bridgehead atoms. The number of hydrogen-bond donors (Lipinski definition) is 2. The molecule has 2 amide bonds. The maximum absolute atomic E-state index is 12.7. The summed E-state index contributed by atoms with van der Waals surface area (Å²) in [6, 6.07) is 23.9. The third-order valence-electron chi connectivity index (χ3n) is 4.73. The van der Waals surface area contributed by atoms with Crippen molar-refractivity contribution >= 4 is 33.5 Å². The molecule has 0 spiro atoms. The van der Waals surface area contributed by atoms with E-state index in [0.29, 0.717) is 11.3 Å². The lowest BCUT2D eigenvalue weighted by molar-refractivity contribution is -0.119. The zero-order chi connectivity index (χ0) is 19.5. The number of nitrogens with zero attached hydrogens (tertiary/aromatic N) is 1. The molecule has 5 heteroatoms. The van der Waals surface area contributed by atoms with E-state index in [1.807, 2.05) is 66.7 Å². The van der Waals surface area contributed by atoms with Gasteiger partial charge in [0.15, 0.2) is 0 Å². The highest BCUT2D eigenvalue weighted by Gasteiger charge is 2.20. The lowest BCUT2D eigenvalue weighted by atomic mass is 10.1. The molecule has 28 heavy (non-hydrogen) atoms. The standard InChI is InChI=1S/C23H19N3O2/c24-22(27)21(14-19-12-11-16-6-3-4-8-20(16)25-19)26-23(28)18-10-9-15-5-1-2-7-17(15)13-18/h1-13,21H,14H2,(H2,24,27)(H,26,28)/t21-/m1/s1. The maximum Gasteiger partial charge on any atom is 0.251 e. The van der Waals surface area contributed by atoms with E-state index in [1.54, 1.807) is 12.1 Å². The molecule has 0 saturated carbocycles. The summed E-state index contributed by atoms with van der Waals surface area (Å²) in [5.41, 5.74) is 7.55. The summed E-state index contributed by atoms with van der Waals surface area (Å²) in [6.07, 6.45) is 0.236. The predicted molar refractivity (Wildman–Crippen MR) is 110 cm³/mol. The van der Waals surface area contributed by atoms with Crippen LogP contribution in [-0.4, -0.2) is 22.8 Å². The van der Waals surface area contributed by atoms with Crippen molar-refractivity contribution in [3.8, 4) is 0 Å². The number of pyridine rings is 1. The van der Waals surface area contributed by atoms with Gasteiger partial charge in [-0.05, 0) is 35.0 Å². The molecule has 0 fully saturated rings. The van der Waals surface area contributed by atoms with Crippen LogP contribution in [0.1, 0.15) is 16.1 Å². The van der Waals surface area contributed by atoms with Crippen LogP contribution in [-0.2, 0) is 11.2 Å². The van der Waals surface area contributed by atoms with Gasteiger partial charge in [-0.2, -0.15) is 0 Å². The Bertz CT molecular complexity index is 1190. The third kappa shape index (κ3) is 3.69. The van der Waals surface area contributed by atoms with Crippen LogP contribution in [0.25, 0.3) is 21.7 Å². The van der Waals surface area contributed by atoms with E-state index >= 15 is 0 Å². The van der Waals surface area contributed by atoms with Gasteiger partial charge in [0.25, 0.3) is 5.91 Å². The number of carbonyl (C=O) groups is 2. The van der Waals surface area contributed by atoms with Crippen LogP contribution in [0.3, 0.4) is 0 Å². The Morgan fingerprint density at radius 3 is 2.32 bits per heavy atom. The van der Waals surface area contributed by atoms with Gasteiger partial charge in [-0.25, -0.2) is 0 Å². The molecular weight excluding hydrogens is 350 g/mol. The number of primary amides is 1. The SMILES string of the molecule is NC(=O)[C@@H](Cc1ccc2ccccc2n1)NC(=O)c1ccc2ccccc2c1. The van der Waals surface area contributed by atoms with Crippen molar-refractivity contribution in [3.63, 3.8) is 0 Å². The molecule has 0 aliphatic carbocycles. The van der Waals surface area contributed by atoms with Gasteiger partial charge in [0, 0.05) is 23.1 Å².